The van der Waals surface area contributed by atoms with Gasteiger partial charge in [-0.15, -0.1) is 0 Å². The molecule has 1 aromatic carbocycles. The molecule has 0 saturated carbocycles. The molecule has 6 heteroatoms. The van der Waals surface area contributed by atoms with E-state index >= 15 is 0 Å². The maximum atomic E-state index is 10.9. The molecule has 2 aromatic rings. The van der Waals surface area contributed by atoms with Crippen LogP contribution >= 0.6 is 34.8 Å². The topological polar surface area (TPSA) is 50.2 Å². The number of carboxylic acids is 1. The van der Waals surface area contributed by atoms with Gasteiger partial charge in [0.15, 0.2) is 0 Å². The standard InChI is InChI=1S/C12H6Cl3NO2/c13-7-1-2-10(14)8(4-7)9-3-6(12(17)18)5-16-11(9)15/h1-5H,(H,17,18). The molecular weight excluding hydrogens is 296 g/mol. The average Bonchev–Trinajstić information content (AvgIpc) is 2.33. The van der Waals surface area contributed by atoms with Gasteiger partial charge < -0.3 is 5.11 Å². The molecule has 0 saturated heterocycles. The lowest BCUT2D eigenvalue weighted by Gasteiger charge is -2.07. The number of nitrogens with zero attached hydrogens (tertiary/aromatic N) is 1. The van der Waals surface area contributed by atoms with E-state index in [1.165, 1.54) is 12.3 Å². The third-order valence-corrected chi connectivity index (χ3v) is 3.17. The van der Waals surface area contributed by atoms with Crippen molar-refractivity contribution in [2.75, 3.05) is 0 Å². The molecule has 1 aromatic heterocycles. The first-order chi connectivity index (χ1) is 8.49. The minimum atomic E-state index is -1.08. The average molecular weight is 303 g/mol. The number of hydrogen-bond donors (Lipinski definition) is 1. The summed E-state index contributed by atoms with van der Waals surface area (Å²) < 4.78 is 0. The molecule has 0 atom stereocenters. The zero-order chi connectivity index (χ0) is 13.3. The van der Waals surface area contributed by atoms with Crippen LogP contribution in [0, 0.1) is 0 Å². The molecule has 1 heterocycles. The summed E-state index contributed by atoms with van der Waals surface area (Å²) in [5.74, 6) is -1.08. The normalized spacial score (nSPS) is 10.4. The van der Waals surface area contributed by atoms with Gasteiger partial charge in [-0.05, 0) is 24.3 Å². The molecule has 0 aliphatic heterocycles. The Labute approximate surface area is 118 Å². The highest BCUT2D eigenvalue weighted by Crippen LogP contribution is 2.34. The first kappa shape index (κ1) is 13.1. The summed E-state index contributed by atoms with van der Waals surface area (Å²) in [6, 6.07) is 6.27. The Kier molecular flexibility index (Phi) is 3.76. The highest BCUT2D eigenvalue weighted by atomic mass is 35.5. The summed E-state index contributed by atoms with van der Waals surface area (Å²) in [5.41, 5.74) is 1.01. The van der Waals surface area contributed by atoms with Crippen LogP contribution in [0.2, 0.25) is 15.2 Å². The van der Waals surface area contributed by atoms with Crippen molar-refractivity contribution >= 4 is 40.8 Å². The number of benzene rings is 1. The van der Waals surface area contributed by atoms with Crippen LogP contribution in [-0.2, 0) is 0 Å². The quantitative estimate of drug-likeness (QED) is 0.836. The molecule has 0 bridgehead atoms. The van der Waals surface area contributed by atoms with Crippen molar-refractivity contribution in [2.24, 2.45) is 0 Å². The van der Waals surface area contributed by atoms with E-state index in [1.54, 1.807) is 18.2 Å². The lowest BCUT2D eigenvalue weighted by atomic mass is 10.1. The van der Waals surface area contributed by atoms with Crippen LogP contribution < -0.4 is 0 Å². The van der Waals surface area contributed by atoms with Crippen molar-refractivity contribution in [3.8, 4) is 11.1 Å². The van der Waals surface area contributed by atoms with E-state index in [2.05, 4.69) is 4.98 Å². The van der Waals surface area contributed by atoms with Gasteiger partial charge in [0.05, 0.1) is 5.56 Å². The van der Waals surface area contributed by atoms with Crippen molar-refractivity contribution in [1.82, 2.24) is 4.98 Å². The van der Waals surface area contributed by atoms with E-state index in [1.807, 2.05) is 0 Å². The molecule has 3 nitrogen and oxygen atoms in total. The third kappa shape index (κ3) is 2.58. The molecule has 1 N–H and O–H groups in total. The van der Waals surface area contributed by atoms with Gasteiger partial charge in [0.25, 0.3) is 0 Å². The summed E-state index contributed by atoms with van der Waals surface area (Å²) >= 11 is 17.9. The lowest BCUT2D eigenvalue weighted by molar-refractivity contribution is 0.0696. The summed E-state index contributed by atoms with van der Waals surface area (Å²) in [6.07, 6.45) is 1.19. The molecule has 18 heavy (non-hydrogen) atoms. The Bertz CT molecular complexity index is 629. The number of hydrogen-bond acceptors (Lipinski definition) is 2. The second-order valence-electron chi connectivity index (χ2n) is 3.49. The maximum absolute atomic E-state index is 10.9. The van der Waals surface area contributed by atoms with E-state index in [4.69, 9.17) is 39.9 Å². The molecular formula is C12H6Cl3NO2. The number of aromatic carboxylic acids is 1. The van der Waals surface area contributed by atoms with Crippen LogP contribution in [0.5, 0.6) is 0 Å². The minimum absolute atomic E-state index is 0.0328. The summed E-state index contributed by atoms with van der Waals surface area (Å²) in [7, 11) is 0. The van der Waals surface area contributed by atoms with Crippen molar-refractivity contribution < 1.29 is 9.90 Å². The molecule has 0 aliphatic carbocycles. The smallest absolute Gasteiger partial charge is 0.337 e. The minimum Gasteiger partial charge on any atom is -0.478 e. The molecule has 2 rings (SSSR count). The summed E-state index contributed by atoms with van der Waals surface area (Å²) in [5, 5.41) is 10.00. The molecule has 0 fully saturated rings. The molecule has 0 unspecified atom stereocenters. The Morgan fingerprint density at radius 2 is 1.83 bits per heavy atom. The lowest BCUT2D eigenvalue weighted by Crippen LogP contribution is -1.98. The molecule has 92 valence electrons. The third-order valence-electron chi connectivity index (χ3n) is 2.30. The summed E-state index contributed by atoms with van der Waals surface area (Å²) in [6.45, 7) is 0. The van der Waals surface area contributed by atoms with Gasteiger partial charge in [-0.25, -0.2) is 9.78 Å². The molecule has 0 radical (unpaired) electrons. The Hall–Kier alpha value is -1.29. The van der Waals surface area contributed by atoms with Gasteiger partial charge in [-0.1, -0.05) is 34.8 Å². The van der Waals surface area contributed by atoms with Crippen LogP contribution in [0.3, 0.4) is 0 Å². The maximum Gasteiger partial charge on any atom is 0.337 e. The largest absolute Gasteiger partial charge is 0.478 e. The van der Waals surface area contributed by atoms with Crippen LogP contribution in [0.1, 0.15) is 10.4 Å². The highest BCUT2D eigenvalue weighted by Gasteiger charge is 2.13. The van der Waals surface area contributed by atoms with Crippen LogP contribution in [0.4, 0.5) is 0 Å². The van der Waals surface area contributed by atoms with Crippen molar-refractivity contribution in [3.63, 3.8) is 0 Å². The van der Waals surface area contributed by atoms with Gasteiger partial charge in [-0.2, -0.15) is 0 Å². The first-order valence-corrected chi connectivity index (χ1v) is 5.96. The Morgan fingerprint density at radius 1 is 1.11 bits per heavy atom. The van der Waals surface area contributed by atoms with E-state index < -0.39 is 5.97 Å². The predicted octanol–water partition coefficient (Wildman–Crippen LogP) is 4.41. The molecule has 0 spiro atoms. The predicted molar refractivity (Wildman–Crippen MR) is 71.7 cm³/mol. The van der Waals surface area contributed by atoms with E-state index in [0.717, 1.165) is 0 Å². The SMILES string of the molecule is O=C(O)c1cnc(Cl)c(-c2cc(Cl)ccc2Cl)c1. The number of pyridine rings is 1. The fraction of sp³-hybridized carbons (Fsp3) is 0. The van der Waals surface area contributed by atoms with Gasteiger partial charge >= 0.3 is 5.97 Å². The zero-order valence-electron chi connectivity index (χ0n) is 8.82. The number of aromatic nitrogens is 1. The second-order valence-corrected chi connectivity index (χ2v) is 4.69. The van der Waals surface area contributed by atoms with Crippen molar-refractivity contribution in [3.05, 3.63) is 51.2 Å². The van der Waals surface area contributed by atoms with E-state index in [-0.39, 0.29) is 10.7 Å². The van der Waals surface area contributed by atoms with Crippen LogP contribution in [0.25, 0.3) is 11.1 Å². The number of carbonyl (C=O) groups is 1. The van der Waals surface area contributed by atoms with E-state index in [0.29, 0.717) is 21.2 Å². The first-order valence-electron chi connectivity index (χ1n) is 4.83. The Balaban J connectivity index is 2.66. The highest BCUT2D eigenvalue weighted by molar-refractivity contribution is 6.37. The van der Waals surface area contributed by atoms with Crippen LogP contribution in [0.15, 0.2) is 30.5 Å². The second kappa shape index (κ2) is 5.14. The van der Waals surface area contributed by atoms with Crippen molar-refractivity contribution in [1.29, 1.82) is 0 Å². The number of carboxylic acid groups (broad SMARTS) is 1. The zero-order valence-corrected chi connectivity index (χ0v) is 11.1. The summed E-state index contributed by atoms with van der Waals surface area (Å²) in [4.78, 5) is 14.7. The number of halogens is 3. The Morgan fingerprint density at radius 3 is 2.50 bits per heavy atom. The van der Waals surface area contributed by atoms with Gasteiger partial charge in [0, 0.05) is 27.4 Å². The number of rotatable bonds is 2. The fourth-order valence-electron chi connectivity index (χ4n) is 1.46. The van der Waals surface area contributed by atoms with Gasteiger partial charge in [0.1, 0.15) is 5.15 Å². The fourth-order valence-corrected chi connectivity index (χ4v) is 2.05. The van der Waals surface area contributed by atoms with E-state index in [9.17, 15) is 4.79 Å². The van der Waals surface area contributed by atoms with Crippen LogP contribution in [-0.4, -0.2) is 16.1 Å². The van der Waals surface area contributed by atoms with Crippen molar-refractivity contribution in [2.45, 2.75) is 0 Å². The van der Waals surface area contributed by atoms with Gasteiger partial charge in [0.2, 0.25) is 0 Å². The monoisotopic (exact) mass is 301 g/mol. The molecule has 0 aliphatic rings. The molecule has 0 amide bonds. The van der Waals surface area contributed by atoms with Gasteiger partial charge in [-0.3, -0.25) is 0 Å².